The predicted octanol–water partition coefficient (Wildman–Crippen LogP) is 3.99. The van der Waals surface area contributed by atoms with Crippen molar-refractivity contribution in [2.45, 2.75) is 18.9 Å². The largest absolute Gasteiger partial charge is 0.354 e. The second-order valence-electron chi connectivity index (χ2n) is 4.67. The van der Waals surface area contributed by atoms with Gasteiger partial charge in [-0.2, -0.15) is 0 Å². The van der Waals surface area contributed by atoms with Gasteiger partial charge in [0, 0.05) is 0 Å². The highest BCUT2D eigenvalue weighted by Gasteiger charge is 2.24. The quantitative estimate of drug-likeness (QED) is 0.734. The Balaban J connectivity index is 2.08. The fourth-order valence-corrected chi connectivity index (χ4v) is 1.93. The second kappa shape index (κ2) is 6.22. The summed E-state index contributed by atoms with van der Waals surface area (Å²) in [7, 11) is 0. The van der Waals surface area contributed by atoms with Gasteiger partial charge in [-0.15, -0.1) is 6.42 Å². The molecular formula is C18H18O. The Morgan fingerprint density at radius 2 is 2.00 bits per heavy atom. The van der Waals surface area contributed by atoms with E-state index in [-0.39, 0.29) is 0 Å². The van der Waals surface area contributed by atoms with E-state index in [1.54, 1.807) is 0 Å². The smallest absolute Gasteiger partial charge is 0.151 e. The van der Waals surface area contributed by atoms with E-state index in [1.807, 2.05) is 55.5 Å². The highest BCUT2D eigenvalue weighted by molar-refractivity contribution is 5.30. The lowest BCUT2D eigenvalue weighted by molar-refractivity contribution is 0.0241. The summed E-state index contributed by atoms with van der Waals surface area (Å²) < 4.78 is 5.99. The topological polar surface area (TPSA) is 9.23 Å². The van der Waals surface area contributed by atoms with Crippen LogP contribution in [0.4, 0.5) is 0 Å². The molecule has 0 spiro atoms. The zero-order valence-corrected chi connectivity index (χ0v) is 11.2. The van der Waals surface area contributed by atoms with E-state index < -0.39 is 5.60 Å². The van der Waals surface area contributed by atoms with Crippen LogP contribution in [0.1, 0.15) is 18.9 Å². The highest BCUT2D eigenvalue weighted by Crippen LogP contribution is 2.25. The van der Waals surface area contributed by atoms with Gasteiger partial charge in [-0.3, -0.25) is 0 Å². The third kappa shape index (κ3) is 3.47. The monoisotopic (exact) mass is 250 g/mol. The average Bonchev–Trinajstić information content (AvgIpc) is 2.74. The molecule has 1 aliphatic carbocycles. The molecule has 1 nitrogen and oxygen atoms in total. The molecule has 0 radical (unpaired) electrons. The summed E-state index contributed by atoms with van der Waals surface area (Å²) in [4.78, 5) is 0. The maximum atomic E-state index is 5.99. The average molecular weight is 250 g/mol. The van der Waals surface area contributed by atoms with Gasteiger partial charge in [0.25, 0.3) is 0 Å². The Hall–Kier alpha value is -2.04. The van der Waals surface area contributed by atoms with E-state index in [2.05, 4.69) is 18.1 Å². The van der Waals surface area contributed by atoms with Gasteiger partial charge in [0.1, 0.15) is 0 Å². The number of hydrogen-bond acceptors (Lipinski definition) is 1. The van der Waals surface area contributed by atoms with Crippen LogP contribution >= 0.6 is 0 Å². The van der Waals surface area contributed by atoms with Crippen LogP contribution in [0.25, 0.3) is 0 Å². The lowest BCUT2D eigenvalue weighted by atomic mass is 9.96. The number of rotatable bonds is 4. The van der Waals surface area contributed by atoms with Crippen LogP contribution in [0.5, 0.6) is 0 Å². The van der Waals surface area contributed by atoms with Gasteiger partial charge in [0.15, 0.2) is 5.60 Å². The molecule has 1 heteroatoms. The molecule has 0 saturated carbocycles. The maximum Gasteiger partial charge on any atom is 0.151 e. The van der Waals surface area contributed by atoms with Gasteiger partial charge in [-0.1, -0.05) is 66.6 Å². The van der Waals surface area contributed by atoms with Crippen molar-refractivity contribution in [2.75, 3.05) is 6.61 Å². The third-order valence-corrected chi connectivity index (χ3v) is 3.22. The van der Waals surface area contributed by atoms with E-state index in [0.717, 1.165) is 12.0 Å². The Morgan fingerprint density at radius 3 is 2.74 bits per heavy atom. The number of allylic oxidation sites excluding steroid dienone is 5. The van der Waals surface area contributed by atoms with Crippen LogP contribution in [-0.4, -0.2) is 6.61 Å². The van der Waals surface area contributed by atoms with Crippen LogP contribution in [0.15, 0.2) is 66.3 Å². The molecule has 1 aromatic carbocycles. The first-order valence-corrected chi connectivity index (χ1v) is 6.43. The molecule has 0 saturated heterocycles. The first kappa shape index (κ1) is 13.4. The molecule has 0 bridgehead atoms. The van der Waals surface area contributed by atoms with Crippen molar-refractivity contribution < 1.29 is 4.74 Å². The van der Waals surface area contributed by atoms with E-state index in [9.17, 15) is 0 Å². The molecule has 0 amide bonds. The zero-order chi connectivity index (χ0) is 13.6. The molecule has 0 N–H and O–H groups in total. The standard InChI is InChI=1S/C18H18O/c1-3-18(2,17-13-9-6-10-14-17)19-15-16-11-7-4-5-8-12-16/h1,4-11,13-14H,12,15H2,2H3. The Bertz CT molecular complexity index is 543. The molecule has 0 aromatic heterocycles. The fourth-order valence-electron chi connectivity index (χ4n) is 1.93. The van der Waals surface area contributed by atoms with Gasteiger partial charge < -0.3 is 4.74 Å². The Morgan fingerprint density at radius 1 is 1.21 bits per heavy atom. The minimum atomic E-state index is -0.679. The SMILES string of the molecule is C#CC(C)(OCC1=CC=CC=CC1)c1ccccc1. The fraction of sp³-hybridized carbons (Fsp3) is 0.222. The molecule has 1 atom stereocenters. The van der Waals surface area contributed by atoms with Gasteiger partial charge in [-0.25, -0.2) is 0 Å². The summed E-state index contributed by atoms with van der Waals surface area (Å²) >= 11 is 0. The second-order valence-corrected chi connectivity index (χ2v) is 4.67. The van der Waals surface area contributed by atoms with E-state index in [1.165, 1.54) is 5.57 Å². The maximum absolute atomic E-state index is 5.99. The predicted molar refractivity (Wildman–Crippen MR) is 79.6 cm³/mol. The number of benzene rings is 1. The normalized spacial score (nSPS) is 17.2. The van der Waals surface area contributed by atoms with Gasteiger partial charge in [0.05, 0.1) is 6.61 Å². The molecule has 19 heavy (non-hydrogen) atoms. The molecule has 0 aliphatic heterocycles. The molecular weight excluding hydrogens is 232 g/mol. The summed E-state index contributed by atoms with van der Waals surface area (Å²) in [6.07, 6.45) is 16.9. The van der Waals surface area contributed by atoms with Crippen LogP contribution in [0, 0.1) is 12.3 Å². The molecule has 0 heterocycles. The zero-order valence-electron chi connectivity index (χ0n) is 11.2. The molecule has 96 valence electrons. The van der Waals surface area contributed by atoms with E-state index >= 15 is 0 Å². The van der Waals surface area contributed by atoms with Crippen molar-refractivity contribution in [3.8, 4) is 12.3 Å². The van der Waals surface area contributed by atoms with Crippen molar-refractivity contribution >= 4 is 0 Å². The highest BCUT2D eigenvalue weighted by atomic mass is 16.5. The van der Waals surface area contributed by atoms with Crippen molar-refractivity contribution in [3.63, 3.8) is 0 Å². The van der Waals surface area contributed by atoms with Crippen LogP contribution in [0.3, 0.4) is 0 Å². The van der Waals surface area contributed by atoms with Crippen molar-refractivity contribution in [1.29, 1.82) is 0 Å². The van der Waals surface area contributed by atoms with Gasteiger partial charge in [0.2, 0.25) is 0 Å². The number of hydrogen-bond donors (Lipinski definition) is 0. The number of ether oxygens (including phenoxy) is 1. The lowest BCUT2D eigenvalue weighted by Crippen LogP contribution is -2.24. The van der Waals surface area contributed by atoms with Crippen molar-refractivity contribution in [1.82, 2.24) is 0 Å². The molecule has 1 aliphatic rings. The number of terminal acetylenes is 1. The van der Waals surface area contributed by atoms with Gasteiger partial charge >= 0.3 is 0 Å². The van der Waals surface area contributed by atoms with E-state index in [0.29, 0.717) is 6.61 Å². The summed E-state index contributed by atoms with van der Waals surface area (Å²) in [5.74, 6) is 2.76. The Kier molecular flexibility index (Phi) is 4.39. The summed E-state index contributed by atoms with van der Waals surface area (Å²) in [5, 5.41) is 0. The van der Waals surface area contributed by atoms with Crippen molar-refractivity contribution in [2.24, 2.45) is 0 Å². The van der Waals surface area contributed by atoms with Crippen LogP contribution < -0.4 is 0 Å². The minimum Gasteiger partial charge on any atom is -0.354 e. The molecule has 0 fully saturated rings. The molecule has 1 unspecified atom stereocenters. The van der Waals surface area contributed by atoms with Crippen LogP contribution in [-0.2, 0) is 10.3 Å². The van der Waals surface area contributed by atoms with Crippen molar-refractivity contribution in [3.05, 3.63) is 71.8 Å². The lowest BCUT2D eigenvalue weighted by Gasteiger charge is -2.25. The summed E-state index contributed by atoms with van der Waals surface area (Å²) in [5.41, 5.74) is 1.56. The van der Waals surface area contributed by atoms with Crippen LogP contribution in [0.2, 0.25) is 0 Å². The molecule has 2 rings (SSSR count). The Labute approximate surface area is 115 Å². The summed E-state index contributed by atoms with van der Waals surface area (Å²) in [6, 6.07) is 9.93. The first-order valence-electron chi connectivity index (χ1n) is 6.43. The summed E-state index contributed by atoms with van der Waals surface area (Å²) in [6.45, 7) is 2.48. The minimum absolute atomic E-state index is 0.546. The van der Waals surface area contributed by atoms with E-state index in [4.69, 9.17) is 11.2 Å². The third-order valence-electron chi connectivity index (χ3n) is 3.22. The van der Waals surface area contributed by atoms with Gasteiger partial charge in [-0.05, 0) is 24.5 Å². The molecule has 1 aromatic rings. The first-order chi connectivity index (χ1) is 9.24.